The number of hydrogen-bond acceptors (Lipinski definition) is 3. The van der Waals surface area contributed by atoms with Gasteiger partial charge < -0.3 is 9.72 Å². The summed E-state index contributed by atoms with van der Waals surface area (Å²) < 4.78 is 35.0. The summed E-state index contributed by atoms with van der Waals surface area (Å²) in [6.07, 6.45) is 3.82. The molecule has 0 amide bonds. The van der Waals surface area contributed by atoms with E-state index in [1.54, 1.807) is 7.11 Å². The van der Waals surface area contributed by atoms with Crippen LogP contribution in [0.15, 0.2) is 54.7 Å². The first-order valence-corrected chi connectivity index (χ1v) is 11.0. The summed E-state index contributed by atoms with van der Waals surface area (Å²) in [5, 5.41) is 1.10. The zero-order chi connectivity index (χ0) is 19.6. The van der Waals surface area contributed by atoms with E-state index in [1.165, 1.54) is 4.31 Å². The van der Waals surface area contributed by atoms with Crippen LogP contribution in [0.3, 0.4) is 0 Å². The summed E-state index contributed by atoms with van der Waals surface area (Å²) in [5.74, 6) is 0.665. The molecule has 1 fully saturated rings. The van der Waals surface area contributed by atoms with Gasteiger partial charge in [-0.15, -0.1) is 0 Å². The minimum Gasteiger partial charge on any atom is -0.497 e. The van der Waals surface area contributed by atoms with Crippen molar-refractivity contribution in [2.75, 3.05) is 26.7 Å². The monoisotopic (exact) mass is 399 g/mol. The van der Waals surface area contributed by atoms with Crippen LogP contribution in [-0.4, -0.2) is 44.5 Å². The highest BCUT2D eigenvalue weighted by Crippen LogP contribution is 2.31. The Hall–Kier alpha value is -2.35. The third kappa shape index (κ3) is 3.78. The van der Waals surface area contributed by atoms with Crippen LogP contribution in [0.4, 0.5) is 0 Å². The van der Waals surface area contributed by atoms with Crippen molar-refractivity contribution in [3.63, 3.8) is 0 Å². The van der Waals surface area contributed by atoms with Crippen molar-refractivity contribution in [2.45, 2.75) is 18.8 Å². The Morgan fingerprint density at radius 2 is 1.82 bits per heavy atom. The lowest BCUT2D eigenvalue weighted by Crippen LogP contribution is -2.40. The molecule has 0 saturated carbocycles. The number of rotatable bonds is 7. The van der Waals surface area contributed by atoms with Crippen molar-refractivity contribution in [2.24, 2.45) is 0 Å². The highest BCUT2D eigenvalue weighted by Gasteiger charge is 2.27. The Kier molecular flexibility index (Phi) is 5.39. The summed E-state index contributed by atoms with van der Waals surface area (Å²) in [7, 11) is -1.84. The molecule has 0 bridgehead atoms. The lowest BCUT2D eigenvalue weighted by Gasteiger charge is -2.21. The normalized spacial score (nSPS) is 16.5. The van der Waals surface area contributed by atoms with Crippen LogP contribution in [0.1, 0.15) is 29.9 Å². The van der Waals surface area contributed by atoms with Crippen LogP contribution in [-0.2, 0) is 10.2 Å². The topological polar surface area (TPSA) is 74.4 Å². The Balaban J connectivity index is 1.67. The molecule has 2 N–H and O–H groups in total. The van der Waals surface area contributed by atoms with Crippen molar-refractivity contribution in [3.05, 3.63) is 65.9 Å². The van der Waals surface area contributed by atoms with E-state index in [0.29, 0.717) is 19.6 Å². The van der Waals surface area contributed by atoms with Gasteiger partial charge in [0.1, 0.15) is 5.75 Å². The fraction of sp³-hybridized carbons (Fsp3) is 0.333. The number of H-pyrrole nitrogens is 1. The number of aromatic nitrogens is 1. The zero-order valence-corrected chi connectivity index (χ0v) is 16.7. The molecule has 4 rings (SSSR count). The third-order valence-electron chi connectivity index (χ3n) is 5.39. The molecule has 6 nitrogen and oxygen atoms in total. The average Bonchev–Trinajstić information content (AvgIpc) is 3.40. The number of methoxy groups -OCH3 is 1. The van der Waals surface area contributed by atoms with Crippen LogP contribution < -0.4 is 9.46 Å². The van der Waals surface area contributed by atoms with Crippen molar-refractivity contribution in [1.82, 2.24) is 14.0 Å². The Morgan fingerprint density at radius 1 is 1.11 bits per heavy atom. The Labute approximate surface area is 165 Å². The molecule has 2 aromatic carbocycles. The molecule has 7 heteroatoms. The molecule has 0 radical (unpaired) electrons. The van der Waals surface area contributed by atoms with Crippen LogP contribution in [0, 0.1) is 0 Å². The van der Waals surface area contributed by atoms with E-state index in [9.17, 15) is 8.42 Å². The van der Waals surface area contributed by atoms with E-state index in [2.05, 4.69) is 15.8 Å². The van der Waals surface area contributed by atoms with Gasteiger partial charge in [0, 0.05) is 42.7 Å². The number of aromatic amines is 1. The molecule has 1 atom stereocenters. The third-order valence-corrected chi connectivity index (χ3v) is 6.97. The van der Waals surface area contributed by atoms with Crippen LogP contribution in [0.25, 0.3) is 10.9 Å². The quantitative estimate of drug-likeness (QED) is 0.641. The standard InChI is InChI=1S/C21H25N3O3S/c1-27-17-10-8-16(9-11-17)19(15-23-28(25,26)24-12-4-5-13-24)20-14-22-21-7-3-2-6-18(20)21/h2-3,6-11,14,19,22-23H,4-5,12-13,15H2,1H3/t19-/m0/s1. The maximum absolute atomic E-state index is 12.7. The summed E-state index contributed by atoms with van der Waals surface area (Å²) in [6, 6.07) is 15.9. The second kappa shape index (κ2) is 7.95. The summed E-state index contributed by atoms with van der Waals surface area (Å²) >= 11 is 0. The largest absolute Gasteiger partial charge is 0.497 e. The summed E-state index contributed by atoms with van der Waals surface area (Å²) in [4.78, 5) is 3.30. The highest BCUT2D eigenvalue weighted by molar-refractivity contribution is 7.87. The van der Waals surface area contributed by atoms with Crippen molar-refractivity contribution in [3.8, 4) is 5.75 Å². The van der Waals surface area contributed by atoms with E-state index in [-0.39, 0.29) is 5.92 Å². The smallest absolute Gasteiger partial charge is 0.279 e. The number of nitrogens with one attached hydrogen (secondary N) is 2. The Morgan fingerprint density at radius 3 is 2.54 bits per heavy atom. The highest BCUT2D eigenvalue weighted by atomic mass is 32.2. The second-order valence-corrected chi connectivity index (χ2v) is 8.83. The van der Waals surface area contributed by atoms with Crippen LogP contribution >= 0.6 is 0 Å². The predicted molar refractivity (Wildman–Crippen MR) is 111 cm³/mol. The second-order valence-electron chi connectivity index (χ2n) is 7.08. The molecule has 0 unspecified atom stereocenters. The van der Waals surface area contributed by atoms with Gasteiger partial charge in [0.15, 0.2) is 0 Å². The number of ether oxygens (including phenoxy) is 1. The average molecular weight is 400 g/mol. The van der Waals surface area contributed by atoms with Gasteiger partial charge in [0.25, 0.3) is 10.2 Å². The zero-order valence-electron chi connectivity index (χ0n) is 15.9. The molecule has 0 spiro atoms. The lowest BCUT2D eigenvalue weighted by atomic mass is 9.91. The fourth-order valence-electron chi connectivity index (χ4n) is 3.83. The van der Waals surface area contributed by atoms with Gasteiger partial charge in [-0.05, 0) is 42.2 Å². The van der Waals surface area contributed by atoms with Gasteiger partial charge >= 0.3 is 0 Å². The molecular formula is C21H25N3O3S. The minimum absolute atomic E-state index is 0.112. The van der Waals surface area contributed by atoms with Gasteiger partial charge in [-0.3, -0.25) is 0 Å². The molecule has 1 aromatic heterocycles. The molecule has 1 aliphatic heterocycles. The number of hydrogen-bond donors (Lipinski definition) is 2. The van der Waals surface area contributed by atoms with Gasteiger partial charge in [-0.2, -0.15) is 12.7 Å². The van der Waals surface area contributed by atoms with Crippen molar-refractivity contribution in [1.29, 1.82) is 0 Å². The summed E-state index contributed by atoms with van der Waals surface area (Å²) in [5.41, 5.74) is 3.15. The molecule has 28 heavy (non-hydrogen) atoms. The fourth-order valence-corrected chi connectivity index (χ4v) is 5.13. The lowest BCUT2D eigenvalue weighted by molar-refractivity contribution is 0.414. The first kappa shape index (κ1) is 19.0. The van der Waals surface area contributed by atoms with E-state index >= 15 is 0 Å². The molecule has 1 saturated heterocycles. The number of fused-ring (bicyclic) bond motifs is 1. The van der Waals surface area contributed by atoms with E-state index in [1.807, 2.05) is 48.7 Å². The maximum Gasteiger partial charge on any atom is 0.279 e. The number of nitrogens with zero attached hydrogens (tertiary/aromatic N) is 1. The molecule has 148 valence electrons. The van der Waals surface area contributed by atoms with Gasteiger partial charge in [-0.1, -0.05) is 30.3 Å². The Bertz CT molecular complexity index is 1040. The van der Waals surface area contributed by atoms with Gasteiger partial charge in [0.2, 0.25) is 0 Å². The minimum atomic E-state index is -3.47. The van der Waals surface area contributed by atoms with Crippen molar-refractivity contribution >= 4 is 21.1 Å². The van der Waals surface area contributed by atoms with Crippen LogP contribution in [0.2, 0.25) is 0 Å². The first-order chi connectivity index (χ1) is 13.6. The molecular weight excluding hydrogens is 374 g/mol. The van der Waals surface area contributed by atoms with Gasteiger partial charge in [-0.25, -0.2) is 4.72 Å². The number of para-hydroxylation sites is 1. The molecule has 1 aliphatic rings. The molecule has 2 heterocycles. The predicted octanol–water partition coefficient (Wildman–Crippen LogP) is 3.24. The van der Waals surface area contributed by atoms with E-state index in [4.69, 9.17) is 4.74 Å². The SMILES string of the molecule is COc1ccc([C@H](CNS(=O)(=O)N2CCCC2)c2c[nH]c3ccccc23)cc1. The maximum atomic E-state index is 12.7. The van der Waals surface area contributed by atoms with Crippen molar-refractivity contribution < 1.29 is 13.2 Å². The van der Waals surface area contributed by atoms with Crippen LogP contribution in [0.5, 0.6) is 5.75 Å². The van der Waals surface area contributed by atoms with Gasteiger partial charge in [0.05, 0.1) is 7.11 Å². The molecule has 3 aromatic rings. The number of benzene rings is 2. The van der Waals surface area contributed by atoms with E-state index in [0.717, 1.165) is 40.6 Å². The summed E-state index contributed by atoms with van der Waals surface area (Å²) in [6.45, 7) is 1.48. The first-order valence-electron chi connectivity index (χ1n) is 9.53. The molecule has 0 aliphatic carbocycles. The van der Waals surface area contributed by atoms with E-state index < -0.39 is 10.2 Å².